The largest absolute Gasteiger partial charge is 0.358 e. The Bertz CT molecular complexity index is 757. The Labute approximate surface area is 111 Å². The van der Waals surface area contributed by atoms with Gasteiger partial charge in [-0.15, -0.1) is 0 Å². The average molecular weight is 250 g/mol. The third kappa shape index (κ3) is 1.93. The van der Waals surface area contributed by atoms with Crippen LogP contribution in [0, 0.1) is 13.8 Å². The zero-order valence-corrected chi connectivity index (χ0v) is 10.9. The summed E-state index contributed by atoms with van der Waals surface area (Å²) in [6, 6.07) is 9.60. The zero-order valence-electron chi connectivity index (χ0n) is 10.9. The smallest absolute Gasteiger partial charge is 0.195 e. The van der Waals surface area contributed by atoms with Crippen LogP contribution in [0.3, 0.4) is 0 Å². The fourth-order valence-electron chi connectivity index (χ4n) is 2.38. The van der Waals surface area contributed by atoms with Crippen LogP contribution in [-0.2, 0) is 0 Å². The number of hydrogen-bond donors (Lipinski definition) is 1. The van der Waals surface area contributed by atoms with Crippen LogP contribution in [0.4, 0.5) is 0 Å². The summed E-state index contributed by atoms with van der Waals surface area (Å²) in [4.78, 5) is 19.8. The monoisotopic (exact) mass is 250 g/mol. The maximum absolute atomic E-state index is 12.6. The van der Waals surface area contributed by atoms with Crippen LogP contribution in [0.25, 0.3) is 10.9 Å². The Morgan fingerprint density at radius 1 is 1.11 bits per heavy atom. The SMILES string of the molecule is Cc1ccc2[nH]c(C)c(C(=O)c3ccncc3)c2c1. The lowest BCUT2D eigenvalue weighted by Gasteiger charge is -2.01. The Balaban J connectivity index is 2.22. The van der Waals surface area contributed by atoms with Crippen molar-refractivity contribution in [2.24, 2.45) is 0 Å². The van der Waals surface area contributed by atoms with Crippen LogP contribution >= 0.6 is 0 Å². The van der Waals surface area contributed by atoms with Gasteiger partial charge in [0.2, 0.25) is 0 Å². The van der Waals surface area contributed by atoms with Crippen molar-refractivity contribution in [1.29, 1.82) is 0 Å². The molecule has 3 rings (SSSR count). The number of aromatic nitrogens is 2. The first kappa shape index (κ1) is 11.7. The maximum Gasteiger partial charge on any atom is 0.195 e. The minimum absolute atomic E-state index is 0.0387. The predicted molar refractivity (Wildman–Crippen MR) is 75.4 cm³/mol. The normalized spacial score (nSPS) is 10.8. The van der Waals surface area contributed by atoms with E-state index in [2.05, 4.69) is 9.97 Å². The molecule has 0 saturated carbocycles. The number of aryl methyl sites for hydroxylation is 2. The third-order valence-electron chi connectivity index (χ3n) is 3.31. The molecule has 0 unspecified atom stereocenters. The summed E-state index contributed by atoms with van der Waals surface area (Å²) in [5.41, 5.74) is 4.48. The van der Waals surface area contributed by atoms with Gasteiger partial charge in [0.25, 0.3) is 0 Å². The quantitative estimate of drug-likeness (QED) is 0.708. The van der Waals surface area contributed by atoms with Crippen molar-refractivity contribution < 1.29 is 4.79 Å². The van der Waals surface area contributed by atoms with E-state index in [0.29, 0.717) is 5.56 Å². The van der Waals surface area contributed by atoms with Gasteiger partial charge >= 0.3 is 0 Å². The highest BCUT2D eigenvalue weighted by Crippen LogP contribution is 2.25. The molecule has 1 aromatic carbocycles. The van der Waals surface area contributed by atoms with Crippen LogP contribution in [0.2, 0.25) is 0 Å². The standard InChI is InChI=1S/C16H14N2O/c1-10-3-4-14-13(9-10)15(11(2)18-14)16(19)12-5-7-17-8-6-12/h3-9,18H,1-2H3. The number of hydrogen-bond acceptors (Lipinski definition) is 2. The molecular formula is C16H14N2O. The third-order valence-corrected chi connectivity index (χ3v) is 3.31. The highest BCUT2D eigenvalue weighted by Gasteiger charge is 2.17. The molecule has 0 amide bonds. The number of carbonyl (C=O) groups excluding carboxylic acids is 1. The summed E-state index contributed by atoms with van der Waals surface area (Å²) in [5, 5.41) is 0.985. The van der Waals surface area contributed by atoms with Gasteiger partial charge in [0.05, 0.1) is 5.56 Å². The Morgan fingerprint density at radius 3 is 2.58 bits per heavy atom. The number of nitrogens with zero attached hydrogens (tertiary/aromatic N) is 1. The van der Waals surface area contributed by atoms with Gasteiger partial charge < -0.3 is 4.98 Å². The Morgan fingerprint density at radius 2 is 1.84 bits per heavy atom. The lowest BCUT2D eigenvalue weighted by atomic mass is 10.0. The van der Waals surface area contributed by atoms with Gasteiger partial charge in [-0.2, -0.15) is 0 Å². The highest BCUT2D eigenvalue weighted by atomic mass is 16.1. The maximum atomic E-state index is 12.6. The first-order valence-electron chi connectivity index (χ1n) is 6.20. The lowest BCUT2D eigenvalue weighted by molar-refractivity contribution is 0.103. The van der Waals surface area contributed by atoms with Gasteiger partial charge in [-0.05, 0) is 38.1 Å². The van der Waals surface area contributed by atoms with E-state index >= 15 is 0 Å². The van der Waals surface area contributed by atoms with Crippen LogP contribution in [0.15, 0.2) is 42.7 Å². The van der Waals surface area contributed by atoms with Crippen molar-refractivity contribution in [3.8, 4) is 0 Å². The minimum atomic E-state index is 0.0387. The fraction of sp³-hybridized carbons (Fsp3) is 0.125. The van der Waals surface area contributed by atoms with E-state index in [-0.39, 0.29) is 5.78 Å². The second kappa shape index (κ2) is 4.35. The molecule has 1 N–H and O–H groups in total. The van der Waals surface area contributed by atoms with Crippen molar-refractivity contribution >= 4 is 16.7 Å². The van der Waals surface area contributed by atoms with Crippen molar-refractivity contribution in [1.82, 2.24) is 9.97 Å². The van der Waals surface area contributed by atoms with Gasteiger partial charge in [0, 0.05) is 34.6 Å². The van der Waals surface area contributed by atoms with Gasteiger partial charge in [-0.1, -0.05) is 11.6 Å². The van der Waals surface area contributed by atoms with Gasteiger partial charge in [0.15, 0.2) is 5.78 Å². The molecule has 3 aromatic rings. The Kier molecular flexibility index (Phi) is 2.67. The second-order valence-corrected chi connectivity index (χ2v) is 4.74. The molecule has 2 aromatic heterocycles. The van der Waals surface area contributed by atoms with Gasteiger partial charge in [-0.25, -0.2) is 0 Å². The van der Waals surface area contributed by atoms with Gasteiger partial charge in [0.1, 0.15) is 0 Å². The zero-order chi connectivity index (χ0) is 13.4. The molecule has 0 spiro atoms. The molecular weight excluding hydrogens is 236 g/mol. The topological polar surface area (TPSA) is 45.8 Å². The predicted octanol–water partition coefficient (Wildman–Crippen LogP) is 3.41. The van der Waals surface area contributed by atoms with E-state index in [9.17, 15) is 4.79 Å². The molecule has 94 valence electrons. The van der Waals surface area contributed by atoms with Gasteiger partial charge in [-0.3, -0.25) is 9.78 Å². The lowest BCUT2D eigenvalue weighted by Crippen LogP contribution is -2.02. The number of nitrogens with one attached hydrogen (secondary N) is 1. The molecule has 0 aliphatic heterocycles. The van der Waals surface area contributed by atoms with Crippen LogP contribution in [0.1, 0.15) is 27.2 Å². The van der Waals surface area contributed by atoms with Crippen LogP contribution < -0.4 is 0 Å². The molecule has 0 saturated heterocycles. The summed E-state index contributed by atoms with van der Waals surface area (Å²) in [7, 11) is 0. The summed E-state index contributed by atoms with van der Waals surface area (Å²) in [6.45, 7) is 3.96. The summed E-state index contributed by atoms with van der Waals surface area (Å²) < 4.78 is 0. The summed E-state index contributed by atoms with van der Waals surface area (Å²) in [5.74, 6) is 0.0387. The Hall–Kier alpha value is -2.42. The highest BCUT2D eigenvalue weighted by molar-refractivity contribution is 6.17. The van der Waals surface area contributed by atoms with E-state index in [1.54, 1.807) is 24.5 Å². The van der Waals surface area contributed by atoms with Crippen LogP contribution in [-0.4, -0.2) is 15.8 Å². The molecule has 0 atom stereocenters. The fourth-order valence-corrected chi connectivity index (χ4v) is 2.38. The minimum Gasteiger partial charge on any atom is -0.358 e. The molecule has 0 fully saturated rings. The molecule has 0 bridgehead atoms. The van der Waals surface area contributed by atoms with Crippen molar-refractivity contribution in [2.45, 2.75) is 13.8 Å². The van der Waals surface area contributed by atoms with Crippen molar-refractivity contribution in [3.63, 3.8) is 0 Å². The first-order chi connectivity index (χ1) is 9.16. The molecule has 3 heteroatoms. The summed E-state index contributed by atoms with van der Waals surface area (Å²) in [6.07, 6.45) is 3.28. The second-order valence-electron chi connectivity index (χ2n) is 4.74. The van der Waals surface area contributed by atoms with E-state index in [4.69, 9.17) is 0 Å². The van der Waals surface area contributed by atoms with E-state index in [0.717, 1.165) is 27.7 Å². The molecule has 0 aliphatic rings. The van der Waals surface area contributed by atoms with Crippen molar-refractivity contribution in [2.75, 3.05) is 0 Å². The number of aromatic amines is 1. The van der Waals surface area contributed by atoms with E-state index < -0.39 is 0 Å². The molecule has 3 nitrogen and oxygen atoms in total. The number of pyridine rings is 1. The number of fused-ring (bicyclic) bond motifs is 1. The first-order valence-corrected chi connectivity index (χ1v) is 6.20. The molecule has 0 radical (unpaired) electrons. The molecule has 19 heavy (non-hydrogen) atoms. The average Bonchev–Trinajstić information content (AvgIpc) is 2.74. The van der Waals surface area contributed by atoms with E-state index in [1.807, 2.05) is 32.0 Å². The number of benzene rings is 1. The molecule has 2 heterocycles. The molecule has 0 aliphatic carbocycles. The van der Waals surface area contributed by atoms with E-state index in [1.165, 1.54) is 0 Å². The van der Waals surface area contributed by atoms with Crippen molar-refractivity contribution in [3.05, 3.63) is 65.1 Å². The number of rotatable bonds is 2. The number of ketones is 1. The number of H-pyrrole nitrogens is 1. The number of carbonyl (C=O) groups is 1. The summed E-state index contributed by atoms with van der Waals surface area (Å²) >= 11 is 0. The van der Waals surface area contributed by atoms with Crippen LogP contribution in [0.5, 0.6) is 0 Å².